The van der Waals surface area contributed by atoms with E-state index < -0.39 is 0 Å². The average molecular weight is 269 g/mol. The predicted molar refractivity (Wildman–Crippen MR) is 79.2 cm³/mol. The van der Waals surface area contributed by atoms with Crippen LogP contribution >= 0.6 is 0 Å². The summed E-state index contributed by atoms with van der Waals surface area (Å²) in [5.41, 5.74) is 3.03. The van der Waals surface area contributed by atoms with Crippen molar-refractivity contribution in [1.82, 2.24) is 15.3 Å². The molecule has 1 aliphatic rings. The smallest absolute Gasteiger partial charge is 0.114 e. The van der Waals surface area contributed by atoms with E-state index in [0.29, 0.717) is 0 Å². The normalized spacial score (nSPS) is 15.9. The summed E-state index contributed by atoms with van der Waals surface area (Å²) in [6.07, 6.45) is 7.71. The Balaban J connectivity index is 1.95. The number of nitrogens with one attached hydrogen (secondary N) is 1. The first-order valence-electron chi connectivity index (χ1n) is 7.15. The molecule has 4 heteroatoms. The molecule has 0 saturated carbocycles. The number of hydrogen-bond acceptors (Lipinski definition) is 4. The first-order valence-corrected chi connectivity index (χ1v) is 7.15. The van der Waals surface area contributed by atoms with E-state index in [1.165, 1.54) is 5.56 Å². The maximum atomic E-state index is 5.74. The number of ether oxygens (including phenoxy) is 1. The van der Waals surface area contributed by atoms with Crippen molar-refractivity contribution in [1.29, 1.82) is 0 Å². The second-order valence-electron chi connectivity index (χ2n) is 4.94. The van der Waals surface area contributed by atoms with Crippen LogP contribution in [-0.2, 0) is 4.74 Å². The Bertz CT molecular complexity index is 624. The molecule has 1 atom stereocenters. The minimum atomic E-state index is 0.115. The molecule has 1 N–H and O–H groups in total. The fourth-order valence-corrected chi connectivity index (χ4v) is 2.47. The largest absolute Gasteiger partial charge is 0.496 e. The van der Waals surface area contributed by atoms with Crippen molar-refractivity contribution in [2.24, 2.45) is 0 Å². The Morgan fingerprint density at radius 2 is 2.10 bits per heavy atom. The van der Waals surface area contributed by atoms with Crippen molar-refractivity contribution >= 4 is 11.0 Å². The van der Waals surface area contributed by atoms with Gasteiger partial charge in [0.05, 0.1) is 23.7 Å². The summed E-state index contributed by atoms with van der Waals surface area (Å²) in [6, 6.07) is 6.34. The summed E-state index contributed by atoms with van der Waals surface area (Å²) in [4.78, 5) is 8.69. The summed E-state index contributed by atoms with van der Waals surface area (Å²) >= 11 is 0. The zero-order valence-electron chi connectivity index (χ0n) is 11.7. The molecule has 1 unspecified atom stereocenters. The molecule has 2 aromatic rings. The molecule has 0 saturated heterocycles. The van der Waals surface area contributed by atoms with Crippen molar-refractivity contribution in [3.8, 4) is 0 Å². The first-order chi connectivity index (χ1) is 9.88. The van der Waals surface area contributed by atoms with Gasteiger partial charge in [0.15, 0.2) is 0 Å². The van der Waals surface area contributed by atoms with E-state index in [2.05, 4.69) is 40.4 Å². The van der Waals surface area contributed by atoms with Crippen molar-refractivity contribution in [3.05, 3.63) is 48.0 Å². The Labute approximate surface area is 118 Å². The Kier molecular flexibility index (Phi) is 3.92. The summed E-state index contributed by atoms with van der Waals surface area (Å²) in [5.74, 6) is 1.03. The minimum absolute atomic E-state index is 0.115. The highest BCUT2D eigenvalue weighted by molar-refractivity contribution is 5.74. The SMILES string of the molecule is CCCNC(C1=CCCO1)c1ccc2nccnc2c1. The lowest BCUT2D eigenvalue weighted by Crippen LogP contribution is -2.24. The molecule has 0 bridgehead atoms. The van der Waals surface area contributed by atoms with Gasteiger partial charge in [-0.3, -0.25) is 9.97 Å². The van der Waals surface area contributed by atoms with Gasteiger partial charge >= 0.3 is 0 Å². The van der Waals surface area contributed by atoms with Gasteiger partial charge in [-0.05, 0) is 36.7 Å². The minimum Gasteiger partial charge on any atom is -0.496 e. The first kappa shape index (κ1) is 13.1. The highest BCUT2D eigenvalue weighted by atomic mass is 16.5. The third-order valence-electron chi connectivity index (χ3n) is 3.44. The summed E-state index contributed by atoms with van der Waals surface area (Å²) in [5, 5.41) is 3.55. The molecular formula is C16H19N3O. The number of fused-ring (bicyclic) bond motifs is 1. The zero-order valence-corrected chi connectivity index (χ0v) is 11.7. The molecule has 3 rings (SSSR count). The molecule has 1 aromatic carbocycles. The third-order valence-corrected chi connectivity index (χ3v) is 3.44. The number of benzene rings is 1. The van der Waals surface area contributed by atoms with E-state index >= 15 is 0 Å². The molecule has 0 fully saturated rings. The van der Waals surface area contributed by atoms with Gasteiger partial charge < -0.3 is 10.1 Å². The van der Waals surface area contributed by atoms with E-state index in [-0.39, 0.29) is 6.04 Å². The average Bonchev–Trinajstić information content (AvgIpc) is 3.02. The van der Waals surface area contributed by atoms with Crippen molar-refractivity contribution in [3.63, 3.8) is 0 Å². The van der Waals surface area contributed by atoms with Gasteiger partial charge in [-0.25, -0.2) is 0 Å². The Morgan fingerprint density at radius 1 is 1.25 bits per heavy atom. The Morgan fingerprint density at radius 3 is 2.85 bits per heavy atom. The molecule has 0 aliphatic carbocycles. The highest BCUT2D eigenvalue weighted by Gasteiger charge is 2.20. The maximum Gasteiger partial charge on any atom is 0.114 e. The maximum absolute atomic E-state index is 5.74. The molecule has 4 nitrogen and oxygen atoms in total. The number of nitrogens with zero attached hydrogens (tertiary/aromatic N) is 2. The zero-order chi connectivity index (χ0) is 13.8. The van der Waals surface area contributed by atoms with Crippen LogP contribution in [-0.4, -0.2) is 23.1 Å². The highest BCUT2D eigenvalue weighted by Crippen LogP contribution is 2.28. The van der Waals surface area contributed by atoms with Crippen LogP contribution < -0.4 is 5.32 Å². The van der Waals surface area contributed by atoms with Gasteiger partial charge in [0.25, 0.3) is 0 Å². The molecule has 2 heterocycles. The van der Waals surface area contributed by atoms with Gasteiger partial charge in [-0.15, -0.1) is 0 Å². The van der Waals surface area contributed by atoms with Gasteiger partial charge in [-0.2, -0.15) is 0 Å². The monoisotopic (exact) mass is 269 g/mol. The molecular weight excluding hydrogens is 250 g/mol. The van der Waals surface area contributed by atoms with Crippen molar-refractivity contribution < 1.29 is 4.74 Å². The van der Waals surface area contributed by atoms with Crippen molar-refractivity contribution in [2.45, 2.75) is 25.8 Å². The van der Waals surface area contributed by atoms with Crippen LogP contribution in [0.5, 0.6) is 0 Å². The number of aromatic nitrogens is 2. The van der Waals surface area contributed by atoms with Crippen LogP contribution in [0.15, 0.2) is 42.4 Å². The summed E-state index contributed by atoms with van der Waals surface area (Å²) in [6.45, 7) is 3.91. The molecule has 104 valence electrons. The second kappa shape index (κ2) is 6.01. The van der Waals surface area contributed by atoms with E-state index in [1.807, 2.05) is 6.07 Å². The lowest BCUT2D eigenvalue weighted by molar-refractivity contribution is 0.215. The summed E-state index contributed by atoms with van der Waals surface area (Å²) < 4.78 is 5.74. The molecule has 20 heavy (non-hydrogen) atoms. The van der Waals surface area contributed by atoms with Gasteiger partial charge in [0, 0.05) is 18.8 Å². The Hall–Kier alpha value is -1.94. The second-order valence-corrected chi connectivity index (χ2v) is 4.94. The molecule has 1 aromatic heterocycles. The van der Waals surface area contributed by atoms with Crippen LogP contribution in [0, 0.1) is 0 Å². The summed E-state index contributed by atoms with van der Waals surface area (Å²) in [7, 11) is 0. The topological polar surface area (TPSA) is 47.0 Å². The third kappa shape index (κ3) is 2.65. The van der Waals surface area contributed by atoms with Crippen molar-refractivity contribution in [2.75, 3.05) is 13.2 Å². The van der Waals surface area contributed by atoms with E-state index in [9.17, 15) is 0 Å². The predicted octanol–water partition coefficient (Wildman–Crippen LogP) is 2.97. The van der Waals surface area contributed by atoms with Gasteiger partial charge in [-0.1, -0.05) is 13.0 Å². The lowest BCUT2D eigenvalue weighted by Gasteiger charge is -2.20. The number of rotatable bonds is 5. The van der Waals surface area contributed by atoms with E-state index in [1.54, 1.807) is 12.4 Å². The molecule has 0 radical (unpaired) electrons. The van der Waals surface area contributed by atoms with E-state index in [0.717, 1.165) is 42.8 Å². The van der Waals surface area contributed by atoms with Gasteiger partial charge in [0.1, 0.15) is 5.76 Å². The molecule has 0 spiro atoms. The standard InChI is InChI=1S/C16H19N3O/c1-2-7-19-16(15-4-3-10-20-15)12-5-6-13-14(11-12)18-9-8-17-13/h4-6,8-9,11,16,19H,2-3,7,10H2,1H3. The van der Waals surface area contributed by atoms with Crippen LogP contribution in [0.2, 0.25) is 0 Å². The fourth-order valence-electron chi connectivity index (χ4n) is 2.47. The van der Waals surface area contributed by atoms with E-state index in [4.69, 9.17) is 4.74 Å². The molecule has 0 amide bonds. The number of hydrogen-bond donors (Lipinski definition) is 1. The van der Waals surface area contributed by atoms with Gasteiger partial charge in [0.2, 0.25) is 0 Å². The van der Waals surface area contributed by atoms with Crippen LogP contribution in [0.1, 0.15) is 31.4 Å². The van der Waals surface area contributed by atoms with Crippen LogP contribution in [0.25, 0.3) is 11.0 Å². The molecule has 1 aliphatic heterocycles. The lowest BCUT2D eigenvalue weighted by atomic mass is 10.0. The fraction of sp³-hybridized carbons (Fsp3) is 0.375. The quantitative estimate of drug-likeness (QED) is 0.906. The van der Waals surface area contributed by atoms with Crippen LogP contribution in [0.4, 0.5) is 0 Å². The van der Waals surface area contributed by atoms with Crippen LogP contribution in [0.3, 0.4) is 0 Å².